The summed E-state index contributed by atoms with van der Waals surface area (Å²) in [5.74, 6) is -1.02. The van der Waals surface area contributed by atoms with Gasteiger partial charge in [0, 0.05) is 25.9 Å². The van der Waals surface area contributed by atoms with Crippen LogP contribution in [0.15, 0.2) is 24.3 Å². The van der Waals surface area contributed by atoms with Crippen LogP contribution in [0.1, 0.15) is 37.6 Å². The lowest BCUT2D eigenvalue weighted by Crippen LogP contribution is -2.56. The van der Waals surface area contributed by atoms with Crippen LogP contribution in [0.4, 0.5) is 0 Å². The number of para-hydroxylation sites is 1. The molecule has 0 bridgehead atoms. The van der Waals surface area contributed by atoms with Crippen molar-refractivity contribution in [1.29, 1.82) is 0 Å². The maximum Gasteiger partial charge on any atom is 0.312 e. The van der Waals surface area contributed by atoms with Crippen LogP contribution >= 0.6 is 11.3 Å². The predicted molar refractivity (Wildman–Crippen MR) is 100 cm³/mol. The molecule has 1 amide bonds. The molecule has 2 heterocycles. The molecular weight excluding hydrogens is 352 g/mol. The Kier molecular flexibility index (Phi) is 5.58. The number of aromatic nitrogens is 1. The topological polar surface area (TPSA) is 90.7 Å². The molecule has 7 heteroatoms. The first-order valence-electron chi connectivity index (χ1n) is 9.00. The molecular formula is C19H24N2O4S. The summed E-state index contributed by atoms with van der Waals surface area (Å²) in [6, 6.07) is 7.88. The fourth-order valence-electron chi connectivity index (χ4n) is 3.70. The Balaban J connectivity index is 1.60. The zero-order chi connectivity index (χ0) is 18.7. The molecule has 0 unspecified atom stereocenters. The summed E-state index contributed by atoms with van der Waals surface area (Å²) in [5, 5.41) is 20.9. The van der Waals surface area contributed by atoms with Gasteiger partial charge in [0.2, 0.25) is 5.91 Å². The van der Waals surface area contributed by atoms with Crippen molar-refractivity contribution in [1.82, 2.24) is 9.88 Å². The molecule has 0 spiro atoms. The number of fused-ring (bicyclic) bond motifs is 1. The third-order valence-corrected chi connectivity index (χ3v) is 6.32. The van der Waals surface area contributed by atoms with Gasteiger partial charge in [-0.2, -0.15) is 0 Å². The van der Waals surface area contributed by atoms with Crippen molar-refractivity contribution in [3.05, 3.63) is 29.3 Å². The number of benzene rings is 1. The average molecular weight is 376 g/mol. The van der Waals surface area contributed by atoms with Gasteiger partial charge in [0.1, 0.15) is 0 Å². The zero-order valence-corrected chi connectivity index (χ0v) is 15.7. The molecule has 0 aliphatic carbocycles. The maximum absolute atomic E-state index is 12.5. The third-order valence-electron chi connectivity index (χ3n) is 5.22. The number of carboxylic acid groups (broad SMARTS) is 1. The standard InChI is InChI=1S/C19H24N2O4S/c1-2-9-19(18(24)25)10-11-21(12-15(19)22)17(23)8-7-16-20-13-5-3-4-6-14(13)26-16/h3-6,15,22H,2,7-12H2,1H3,(H,24,25)/t15-,19-/m0/s1. The Labute approximate surface area is 156 Å². The van der Waals surface area contributed by atoms with E-state index in [1.54, 1.807) is 16.2 Å². The number of carboxylic acids is 1. The Morgan fingerprint density at radius 1 is 1.38 bits per heavy atom. The van der Waals surface area contributed by atoms with Gasteiger partial charge in [-0.15, -0.1) is 11.3 Å². The molecule has 1 fully saturated rings. The number of β-amino-alcohol motifs (C(OH)–C–C–N with tert-alkyl or cyclic N) is 1. The summed E-state index contributed by atoms with van der Waals surface area (Å²) >= 11 is 1.59. The molecule has 2 atom stereocenters. The summed E-state index contributed by atoms with van der Waals surface area (Å²) in [6.07, 6.45) is 1.26. The van der Waals surface area contributed by atoms with Crippen molar-refractivity contribution in [2.75, 3.05) is 13.1 Å². The van der Waals surface area contributed by atoms with Gasteiger partial charge in [-0.1, -0.05) is 25.5 Å². The monoisotopic (exact) mass is 376 g/mol. The fraction of sp³-hybridized carbons (Fsp3) is 0.526. The lowest BCUT2D eigenvalue weighted by Gasteiger charge is -2.42. The zero-order valence-electron chi connectivity index (χ0n) is 14.9. The second-order valence-corrected chi connectivity index (χ2v) is 8.01. The molecule has 2 aromatic rings. The highest BCUT2D eigenvalue weighted by Crippen LogP contribution is 2.37. The quantitative estimate of drug-likeness (QED) is 0.809. The summed E-state index contributed by atoms with van der Waals surface area (Å²) in [5.41, 5.74) is -0.183. The van der Waals surface area contributed by atoms with E-state index in [2.05, 4.69) is 4.98 Å². The summed E-state index contributed by atoms with van der Waals surface area (Å²) < 4.78 is 1.11. The first kappa shape index (κ1) is 18.8. The second kappa shape index (κ2) is 7.72. The van der Waals surface area contributed by atoms with Gasteiger partial charge in [-0.25, -0.2) is 4.98 Å². The van der Waals surface area contributed by atoms with E-state index in [9.17, 15) is 19.8 Å². The van der Waals surface area contributed by atoms with Crippen LogP contribution < -0.4 is 0 Å². The number of aryl methyl sites for hydroxylation is 1. The number of aliphatic hydroxyl groups excluding tert-OH is 1. The van der Waals surface area contributed by atoms with Crippen molar-refractivity contribution in [2.24, 2.45) is 5.41 Å². The van der Waals surface area contributed by atoms with Gasteiger partial charge in [0.15, 0.2) is 0 Å². The van der Waals surface area contributed by atoms with Crippen LogP contribution in [0.2, 0.25) is 0 Å². The predicted octanol–water partition coefficient (Wildman–Crippen LogP) is 2.69. The number of likely N-dealkylation sites (tertiary alicyclic amines) is 1. The molecule has 0 radical (unpaired) electrons. The number of carbonyl (C=O) groups excluding carboxylic acids is 1. The number of hydrogen-bond donors (Lipinski definition) is 2. The number of amides is 1. The molecule has 0 saturated carbocycles. The number of aliphatic hydroxyl groups is 1. The number of rotatable bonds is 6. The van der Waals surface area contributed by atoms with Gasteiger partial charge in [0.05, 0.1) is 26.7 Å². The summed E-state index contributed by atoms with van der Waals surface area (Å²) in [7, 11) is 0. The highest BCUT2D eigenvalue weighted by Gasteiger charge is 2.48. The molecule has 26 heavy (non-hydrogen) atoms. The molecule has 140 valence electrons. The summed E-state index contributed by atoms with van der Waals surface area (Å²) in [4.78, 5) is 30.3. The molecule has 3 rings (SSSR count). The Bertz CT molecular complexity index is 773. The third kappa shape index (κ3) is 3.59. The maximum atomic E-state index is 12.5. The van der Waals surface area contributed by atoms with Gasteiger partial charge >= 0.3 is 5.97 Å². The van der Waals surface area contributed by atoms with Gasteiger partial charge < -0.3 is 15.1 Å². The van der Waals surface area contributed by atoms with Crippen molar-refractivity contribution in [2.45, 2.75) is 45.1 Å². The molecule has 1 aliphatic rings. The number of nitrogens with zero attached hydrogens (tertiary/aromatic N) is 2. The SMILES string of the molecule is CCC[C@]1(C(=O)O)CCN(C(=O)CCc2nc3ccccc3s2)C[C@@H]1O. The lowest BCUT2D eigenvalue weighted by molar-refractivity contribution is -0.167. The molecule has 1 aliphatic heterocycles. The van der Waals surface area contributed by atoms with Crippen LogP contribution in [0.25, 0.3) is 10.2 Å². The molecule has 6 nitrogen and oxygen atoms in total. The van der Waals surface area contributed by atoms with E-state index in [0.717, 1.165) is 15.2 Å². The van der Waals surface area contributed by atoms with Crippen LogP contribution in [0.5, 0.6) is 0 Å². The van der Waals surface area contributed by atoms with Crippen molar-refractivity contribution in [3.63, 3.8) is 0 Å². The van der Waals surface area contributed by atoms with Crippen LogP contribution in [-0.4, -0.2) is 51.2 Å². The summed E-state index contributed by atoms with van der Waals surface area (Å²) in [6.45, 7) is 2.37. The van der Waals surface area contributed by atoms with E-state index < -0.39 is 17.5 Å². The number of aliphatic carboxylic acids is 1. The first-order chi connectivity index (χ1) is 12.5. The van der Waals surface area contributed by atoms with Crippen LogP contribution in [-0.2, 0) is 16.0 Å². The van der Waals surface area contributed by atoms with Gasteiger partial charge in [-0.3, -0.25) is 9.59 Å². The normalized spacial score (nSPS) is 23.3. The number of hydrogen-bond acceptors (Lipinski definition) is 5. The van der Waals surface area contributed by atoms with Crippen molar-refractivity contribution in [3.8, 4) is 0 Å². The highest BCUT2D eigenvalue weighted by atomic mass is 32.1. The van der Waals surface area contributed by atoms with E-state index in [1.165, 1.54) is 0 Å². The molecule has 2 N–H and O–H groups in total. The average Bonchev–Trinajstić information content (AvgIpc) is 3.04. The number of piperidine rings is 1. The van der Waals surface area contributed by atoms with Gasteiger partial charge in [0.25, 0.3) is 0 Å². The molecule has 1 aromatic heterocycles. The number of thiazole rings is 1. The molecule has 1 saturated heterocycles. The van der Waals surface area contributed by atoms with E-state index in [0.29, 0.717) is 38.6 Å². The Morgan fingerprint density at radius 2 is 2.15 bits per heavy atom. The Hall–Kier alpha value is -1.99. The minimum Gasteiger partial charge on any atom is -0.481 e. The smallest absolute Gasteiger partial charge is 0.312 e. The minimum absolute atomic E-state index is 0.0567. The highest BCUT2D eigenvalue weighted by molar-refractivity contribution is 7.18. The largest absolute Gasteiger partial charge is 0.481 e. The van der Waals surface area contributed by atoms with Crippen LogP contribution in [0.3, 0.4) is 0 Å². The van der Waals surface area contributed by atoms with E-state index >= 15 is 0 Å². The van der Waals surface area contributed by atoms with E-state index in [1.807, 2.05) is 31.2 Å². The second-order valence-electron chi connectivity index (χ2n) is 6.89. The van der Waals surface area contributed by atoms with E-state index in [-0.39, 0.29) is 12.5 Å². The van der Waals surface area contributed by atoms with Crippen molar-refractivity contribution >= 4 is 33.4 Å². The lowest BCUT2D eigenvalue weighted by atomic mass is 9.72. The number of carbonyl (C=O) groups is 2. The van der Waals surface area contributed by atoms with Crippen molar-refractivity contribution < 1.29 is 19.8 Å². The molecule has 1 aromatic carbocycles. The fourth-order valence-corrected chi connectivity index (χ4v) is 4.66. The van der Waals surface area contributed by atoms with Gasteiger partial charge in [-0.05, 0) is 25.0 Å². The van der Waals surface area contributed by atoms with E-state index in [4.69, 9.17) is 0 Å². The first-order valence-corrected chi connectivity index (χ1v) is 9.81. The minimum atomic E-state index is -1.13. The van der Waals surface area contributed by atoms with Crippen LogP contribution in [0, 0.1) is 5.41 Å². The Morgan fingerprint density at radius 3 is 2.81 bits per heavy atom.